The molecule has 0 atom stereocenters. The van der Waals surface area contributed by atoms with Crippen LogP contribution in [0.15, 0.2) is 96.1 Å². The van der Waals surface area contributed by atoms with Crippen molar-refractivity contribution in [3.05, 3.63) is 122 Å². The second-order valence-electron chi connectivity index (χ2n) is 6.35. The summed E-state index contributed by atoms with van der Waals surface area (Å²) in [5.74, 6) is 0. The smallest absolute Gasteiger partial charge is 0.271 e. The van der Waals surface area contributed by atoms with Gasteiger partial charge in [0.25, 0.3) is 5.69 Å². The predicted molar refractivity (Wildman–Crippen MR) is 122 cm³/mol. The number of rotatable bonds is 8. The van der Waals surface area contributed by atoms with Crippen LogP contribution in [0.5, 0.6) is 0 Å². The van der Waals surface area contributed by atoms with Crippen LogP contribution in [0.2, 0.25) is 0 Å². The van der Waals surface area contributed by atoms with Crippen molar-refractivity contribution in [2.45, 2.75) is 0 Å². The van der Waals surface area contributed by atoms with E-state index in [0.717, 1.165) is 17.2 Å². The Labute approximate surface area is 178 Å². The van der Waals surface area contributed by atoms with Gasteiger partial charge in [0.2, 0.25) is 0 Å². The summed E-state index contributed by atoms with van der Waals surface area (Å²) >= 11 is 0. The van der Waals surface area contributed by atoms with Gasteiger partial charge < -0.3 is 0 Å². The van der Waals surface area contributed by atoms with Gasteiger partial charge in [0.15, 0.2) is 0 Å². The molecule has 0 spiro atoms. The minimum atomic E-state index is -0.690. The molecule has 154 valence electrons. The van der Waals surface area contributed by atoms with E-state index in [9.17, 15) is 20.2 Å². The second kappa shape index (κ2) is 10.3. The molecule has 3 rings (SSSR count). The van der Waals surface area contributed by atoms with E-state index in [2.05, 4.69) is 10.5 Å². The maximum absolute atomic E-state index is 11.3. The molecular formula is C23H18N4O4. The second-order valence-corrected chi connectivity index (χ2v) is 6.35. The van der Waals surface area contributed by atoms with Crippen molar-refractivity contribution < 1.29 is 9.85 Å². The Morgan fingerprint density at radius 2 is 1.32 bits per heavy atom. The molecule has 0 radical (unpaired) electrons. The Balaban J connectivity index is 1.91. The molecule has 8 nitrogen and oxygen atoms in total. The third-order valence-electron chi connectivity index (χ3n) is 4.19. The molecule has 0 unspecified atom stereocenters. The van der Waals surface area contributed by atoms with E-state index in [1.54, 1.807) is 12.2 Å². The van der Waals surface area contributed by atoms with Crippen molar-refractivity contribution >= 4 is 34.9 Å². The fraction of sp³-hybridized carbons (Fsp3) is 0. The lowest BCUT2D eigenvalue weighted by Gasteiger charge is -2.03. The molecule has 0 amide bonds. The summed E-state index contributed by atoms with van der Waals surface area (Å²) in [6.45, 7) is 0. The van der Waals surface area contributed by atoms with Gasteiger partial charge in [-0.3, -0.25) is 25.7 Å². The number of hydrazone groups is 1. The summed E-state index contributed by atoms with van der Waals surface area (Å²) in [6.07, 6.45) is 7.25. The van der Waals surface area contributed by atoms with Crippen LogP contribution in [-0.4, -0.2) is 15.6 Å². The number of nitro groups is 2. The van der Waals surface area contributed by atoms with Crippen LogP contribution in [0.25, 0.3) is 12.2 Å². The van der Waals surface area contributed by atoms with Gasteiger partial charge in [-0.15, -0.1) is 0 Å². The molecule has 8 heteroatoms. The Bertz CT molecular complexity index is 1110. The first kappa shape index (κ1) is 21.1. The van der Waals surface area contributed by atoms with Crippen molar-refractivity contribution in [2.75, 3.05) is 5.43 Å². The first-order valence-corrected chi connectivity index (χ1v) is 9.26. The summed E-state index contributed by atoms with van der Waals surface area (Å²) in [6, 6.07) is 22.6. The van der Waals surface area contributed by atoms with Crippen molar-refractivity contribution in [1.82, 2.24) is 0 Å². The summed E-state index contributed by atoms with van der Waals surface area (Å²) in [5, 5.41) is 26.5. The minimum Gasteiger partial charge on any atom is -0.271 e. The predicted octanol–water partition coefficient (Wildman–Crippen LogP) is 5.70. The van der Waals surface area contributed by atoms with Gasteiger partial charge in [-0.05, 0) is 29.3 Å². The number of nitrogens with one attached hydrogen (secondary N) is 1. The van der Waals surface area contributed by atoms with E-state index in [-0.39, 0.29) is 11.4 Å². The highest BCUT2D eigenvalue weighted by atomic mass is 16.6. The number of allylic oxidation sites excluding steroid dienone is 2. The zero-order valence-electron chi connectivity index (χ0n) is 16.3. The van der Waals surface area contributed by atoms with Crippen molar-refractivity contribution in [3.8, 4) is 0 Å². The van der Waals surface area contributed by atoms with E-state index in [1.807, 2.05) is 72.8 Å². The summed E-state index contributed by atoms with van der Waals surface area (Å²) < 4.78 is 0. The van der Waals surface area contributed by atoms with E-state index in [1.165, 1.54) is 12.1 Å². The Kier molecular flexibility index (Phi) is 6.99. The summed E-state index contributed by atoms with van der Waals surface area (Å²) in [4.78, 5) is 20.9. The molecule has 0 fully saturated rings. The van der Waals surface area contributed by atoms with Crippen LogP contribution < -0.4 is 5.43 Å². The third-order valence-corrected chi connectivity index (χ3v) is 4.19. The van der Waals surface area contributed by atoms with Gasteiger partial charge in [-0.1, -0.05) is 72.8 Å². The van der Waals surface area contributed by atoms with E-state index >= 15 is 0 Å². The zero-order chi connectivity index (χ0) is 22.1. The van der Waals surface area contributed by atoms with Gasteiger partial charge in [-0.2, -0.15) is 5.10 Å². The van der Waals surface area contributed by atoms with Crippen molar-refractivity contribution in [3.63, 3.8) is 0 Å². The third kappa shape index (κ3) is 6.20. The molecule has 0 aliphatic heterocycles. The molecule has 0 bridgehead atoms. The largest absolute Gasteiger partial charge is 0.301 e. The maximum Gasteiger partial charge on any atom is 0.301 e. The lowest BCUT2D eigenvalue weighted by molar-refractivity contribution is -0.393. The van der Waals surface area contributed by atoms with Gasteiger partial charge >= 0.3 is 5.69 Å². The van der Waals surface area contributed by atoms with Crippen LogP contribution in [0, 0.1) is 20.2 Å². The van der Waals surface area contributed by atoms with Crippen molar-refractivity contribution in [1.29, 1.82) is 0 Å². The number of benzene rings is 3. The average Bonchev–Trinajstić information content (AvgIpc) is 2.79. The maximum atomic E-state index is 11.3. The zero-order valence-corrected chi connectivity index (χ0v) is 16.3. The lowest BCUT2D eigenvalue weighted by atomic mass is 10.1. The molecule has 3 aromatic rings. The Hall–Kier alpha value is -4.59. The molecule has 1 N–H and O–H groups in total. The SMILES string of the molecule is O=[N+]([O-])c1ccc(NN=C(/C=C/c2ccccc2)/C=C/c2ccccc2)c([N+](=O)[O-])c1. The number of non-ortho nitro benzene ring substituents is 1. The van der Waals surface area contributed by atoms with Gasteiger partial charge in [0.05, 0.1) is 21.6 Å². The topological polar surface area (TPSA) is 111 Å². The molecule has 0 aromatic heterocycles. The number of anilines is 1. The Morgan fingerprint density at radius 3 is 1.81 bits per heavy atom. The van der Waals surface area contributed by atoms with Crippen molar-refractivity contribution in [2.24, 2.45) is 5.10 Å². The van der Waals surface area contributed by atoms with Gasteiger partial charge in [0.1, 0.15) is 5.69 Å². The minimum absolute atomic E-state index is 0.0503. The van der Waals surface area contributed by atoms with Crippen LogP contribution in [0.3, 0.4) is 0 Å². The fourth-order valence-corrected chi connectivity index (χ4v) is 2.63. The number of nitrogens with zero attached hydrogens (tertiary/aromatic N) is 3. The van der Waals surface area contributed by atoms with E-state index < -0.39 is 15.5 Å². The number of nitro benzene ring substituents is 2. The van der Waals surface area contributed by atoms with Crippen LogP contribution in [0.4, 0.5) is 17.1 Å². The molecule has 0 aliphatic carbocycles. The first-order chi connectivity index (χ1) is 15.0. The highest BCUT2D eigenvalue weighted by Crippen LogP contribution is 2.29. The lowest BCUT2D eigenvalue weighted by Crippen LogP contribution is -2.01. The normalized spacial score (nSPS) is 10.8. The van der Waals surface area contributed by atoms with Crippen LogP contribution in [-0.2, 0) is 0 Å². The summed E-state index contributed by atoms with van der Waals surface area (Å²) in [7, 11) is 0. The summed E-state index contributed by atoms with van der Waals surface area (Å²) in [5.41, 5.74) is 4.33. The highest BCUT2D eigenvalue weighted by molar-refractivity contribution is 6.09. The molecule has 0 aliphatic rings. The fourth-order valence-electron chi connectivity index (χ4n) is 2.63. The standard InChI is InChI=1S/C23H18N4O4/c28-26(29)21-15-16-22(23(17-21)27(30)31)25-24-20(13-11-18-7-3-1-4-8-18)14-12-19-9-5-2-6-10-19/h1-17,25H/b13-11+,14-12+. The van der Waals surface area contributed by atoms with Gasteiger partial charge in [-0.25, -0.2) is 0 Å². The molecule has 31 heavy (non-hydrogen) atoms. The molecule has 0 saturated heterocycles. The monoisotopic (exact) mass is 414 g/mol. The van der Waals surface area contributed by atoms with Crippen LogP contribution >= 0.6 is 0 Å². The number of hydrogen-bond acceptors (Lipinski definition) is 6. The van der Waals surface area contributed by atoms with Crippen LogP contribution in [0.1, 0.15) is 11.1 Å². The molecule has 0 saturated carbocycles. The highest BCUT2D eigenvalue weighted by Gasteiger charge is 2.19. The quantitative estimate of drug-likeness (QED) is 0.289. The molecular weight excluding hydrogens is 396 g/mol. The average molecular weight is 414 g/mol. The molecule has 3 aromatic carbocycles. The first-order valence-electron chi connectivity index (χ1n) is 9.26. The van der Waals surface area contributed by atoms with Gasteiger partial charge in [0, 0.05) is 6.07 Å². The molecule has 0 heterocycles. The van der Waals surface area contributed by atoms with E-state index in [0.29, 0.717) is 5.71 Å². The number of hydrogen-bond donors (Lipinski definition) is 1. The Morgan fingerprint density at radius 1 is 0.774 bits per heavy atom. The van der Waals surface area contributed by atoms with E-state index in [4.69, 9.17) is 0 Å².